The van der Waals surface area contributed by atoms with Gasteiger partial charge < -0.3 is 9.57 Å². The highest BCUT2D eigenvalue weighted by Gasteiger charge is 2.30. The Kier molecular flexibility index (Phi) is 5.02. The summed E-state index contributed by atoms with van der Waals surface area (Å²) in [7, 11) is 0. The molecule has 4 nitrogen and oxygen atoms in total. The monoisotopic (exact) mass is 277 g/mol. The fourth-order valence-electron chi connectivity index (χ4n) is 1.08. The lowest BCUT2D eigenvalue weighted by molar-refractivity contribution is -0.137. The van der Waals surface area contributed by atoms with Gasteiger partial charge in [-0.25, -0.2) is 4.79 Å². The summed E-state index contributed by atoms with van der Waals surface area (Å²) in [5.74, 6) is 0.256. The van der Waals surface area contributed by atoms with Crippen LogP contribution in [-0.2, 0) is 10.9 Å². The number of benzene rings is 1. The van der Waals surface area contributed by atoms with E-state index >= 15 is 0 Å². The molecule has 0 heterocycles. The fourth-order valence-corrected chi connectivity index (χ4v) is 1.08. The summed E-state index contributed by atoms with van der Waals surface area (Å²) >= 11 is 0. The van der Waals surface area contributed by atoms with Crippen LogP contribution in [0.25, 0.3) is 0 Å². The van der Waals surface area contributed by atoms with Crippen molar-refractivity contribution in [2.24, 2.45) is 5.92 Å². The molecule has 1 aromatic rings. The molecular formula is C12H14F3NO3. The summed E-state index contributed by atoms with van der Waals surface area (Å²) in [6.45, 7) is 3.95. The van der Waals surface area contributed by atoms with E-state index in [9.17, 15) is 18.0 Å². The Morgan fingerprint density at radius 1 is 1.26 bits per heavy atom. The normalized spacial score (nSPS) is 11.3. The number of rotatable bonds is 4. The van der Waals surface area contributed by atoms with Gasteiger partial charge >= 0.3 is 12.3 Å². The smallest absolute Gasteiger partial charge is 0.440 e. The predicted molar refractivity (Wildman–Crippen MR) is 61.4 cm³/mol. The number of halogens is 3. The third-order valence-corrected chi connectivity index (χ3v) is 1.98. The zero-order chi connectivity index (χ0) is 14.5. The van der Waals surface area contributed by atoms with Crippen LogP contribution in [0.2, 0.25) is 0 Å². The highest BCUT2D eigenvalue weighted by molar-refractivity contribution is 5.66. The summed E-state index contributed by atoms with van der Waals surface area (Å²) in [5.41, 5.74) is 1.18. The summed E-state index contributed by atoms with van der Waals surface area (Å²) < 4.78 is 41.6. The van der Waals surface area contributed by atoms with Crippen molar-refractivity contribution in [3.8, 4) is 5.75 Å². The average molecular weight is 277 g/mol. The van der Waals surface area contributed by atoms with E-state index < -0.39 is 17.8 Å². The number of hydrogen-bond acceptors (Lipinski definition) is 3. The van der Waals surface area contributed by atoms with Crippen LogP contribution in [-0.4, -0.2) is 12.7 Å². The number of carbonyl (C=O) groups excluding carboxylic acids is 1. The minimum atomic E-state index is -4.40. The van der Waals surface area contributed by atoms with E-state index in [0.29, 0.717) is 0 Å². The lowest BCUT2D eigenvalue weighted by Gasteiger charge is -2.10. The van der Waals surface area contributed by atoms with Gasteiger partial charge in [0.05, 0.1) is 12.2 Å². The number of alkyl halides is 3. The van der Waals surface area contributed by atoms with Gasteiger partial charge in [0.1, 0.15) is 0 Å². The molecule has 1 amide bonds. The molecule has 0 aliphatic heterocycles. The summed E-state index contributed by atoms with van der Waals surface area (Å²) in [4.78, 5) is 15.9. The molecule has 0 aliphatic rings. The Hall–Kier alpha value is -1.92. The van der Waals surface area contributed by atoms with Crippen molar-refractivity contribution in [1.82, 2.24) is 5.48 Å². The van der Waals surface area contributed by atoms with Crippen molar-refractivity contribution >= 4 is 6.09 Å². The number of nitrogens with one attached hydrogen (secondary N) is 1. The van der Waals surface area contributed by atoms with Gasteiger partial charge in [-0.2, -0.15) is 18.7 Å². The Balaban J connectivity index is 2.44. The highest BCUT2D eigenvalue weighted by atomic mass is 19.4. The molecule has 0 unspecified atom stereocenters. The highest BCUT2D eigenvalue weighted by Crippen LogP contribution is 2.30. The van der Waals surface area contributed by atoms with Gasteiger partial charge in [0.2, 0.25) is 0 Å². The number of hydrogen-bond donors (Lipinski definition) is 1. The number of hydroxylamine groups is 1. The average Bonchev–Trinajstić information content (AvgIpc) is 2.33. The predicted octanol–water partition coefficient (Wildman–Crippen LogP) is 3.38. The topological polar surface area (TPSA) is 47.6 Å². The van der Waals surface area contributed by atoms with Crippen LogP contribution in [0, 0.1) is 5.92 Å². The molecule has 0 aliphatic carbocycles. The molecule has 0 atom stereocenters. The zero-order valence-corrected chi connectivity index (χ0v) is 10.5. The summed E-state index contributed by atoms with van der Waals surface area (Å²) in [5, 5.41) is 0. The van der Waals surface area contributed by atoms with Crippen LogP contribution in [0.1, 0.15) is 19.4 Å². The maximum absolute atomic E-state index is 12.3. The van der Waals surface area contributed by atoms with E-state index in [0.717, 1.165) is 24.3 Å². The molecule has 0 saturated heterocycles. The van der Waals surface area contributed by atoms with Crippen molar-refractivity contribution in [1.29, 1.82) is 0 Å². The number of amides is 1. The number of ether oxygens (including phenoxy) is 1. The SMILES string of the molecule is CC(C)COC(=O)NOc1ccc(C(F)(F)F)cc1. The van der Waals surface area contributed by atoms with Crippen LogP contribution < -0.4 is 10.3 Å². The quantitative estimate of drug-likeness (QED) is 0.858. The molecule has 19 heavy (non-hydrogen) atoms. The second kappa shape index (κ2) is 6.31. The van der Waals surface area contributed by atoms with E-state index in [1.165, 1.54) is 0 Å². The lowest BCUT2D eigenvalue weighted by Crippen LogP contribution is -2.28. The Bertz CT molecular complexity index is 415. The van der Waals surface area contributed by atoms with Gasteiger partial charge in [-0.05, 0) is 30.2 Å². The van der Waals surface area contributed by atoms with E-state index in [1.807, 2.05) is 19.3 Å². The largest absolute Gasteiger partial charge is 0.447 e. The molecular weight excluding hydrogens is 263 g/mol. The van der Waals surface area contributed by atoms with E-state index in [-0.39, 0.29) is 18.3 Å². The van der Waals surface area contributed by atoms with Crippen molar-refractivity contribution in [2.75, 3.05) is 6.61 Å². The first-order valence-corrected chi connectivity index (χ1v) is 5.56. The molecule has 0 bridgehead atoms. The van der Waals surface area contributed by atoms with Gasteiger partial charge in [0.15, 0.2) is 5.75 Å². The van der Waals surface area contributed by atoms with Gasteiger partial charge in [-0.1, -0.05) is 13.8 Å². The van der Waals surface area contributed by atoms with Crippen LogP contribution in [0.5, 0.6) is 5.75 Å². The summed E-state index contributed by atoms with van der Waals surface area (Å²) in [6.07, 6.45) is -5.20. The maximum atomic E-state index is 12.3. The molecule has 1 aromatic carbocycles. The number of carbonyl (C=O) groups is 1. The van der Waals surface area contributed by atoms with Gasteiger partial charge in [0, 0.05) is 0 Å². The molecule has 7 heteroatoms. The molecule has 0 spiro atoms. The van der Waals surface area contributed by atoms with Crippen molar-refractivity contribution in [3.63, 3.8) is 0 Å². The molecule has 0 radical (unpaired) electrons. The van der Waals surface area contributed by atoms with Gasteiger partial charge in [-0.3, -0.25) is 0 Å². The molecule has 0 fully saturated rings. The first-order valence-electron chi connectivity index (χ1n) is 5.56. The Morgan fingerprint density at radius 2 is 1.84 bits per heavy atom. The Morgan fingerprint density at radius 3 is 2.32 bits per heavy atom. The van der Waals surface area contributed by atoms with Crippen LogP contribution in [0.4, 0.5) is 18.0 Å². The zero-order valence-electron chi connectivity index (χ0n) is 10.5. The minimum Gasteiger partial charge on any atom is -0.447 e. The molecule has 106 valence electrons. The van der Waals surface area contributed by atoms with Crippen LogP contribution >= 0.6 is 0 Å². The first-order chi connectivity index (χ1) is 8.79. The van der Waals surface area contributed by atoms with E-state index in [2.05, 4.69) is 0 Å². The van der Waals surface area contributed by atoms with Crippen molar-refractivity contribution < 1.29 is 27.5 Å². The third-order valence-electron chi connectivity index (χ3n) is 1.98. The molecule has 0 aromatic heterocycles. The van der Waals surface area contributed by atoms with E-state index in [4.69, 9.17) is 9.57 Å². The first kappa shape index (κ1) is 15.1. The maximum Gasteiger partial charge on any atom is 0.440 e. The second-order valence-corrected chi connectivity index (χ2v) is 4.22. The summed E-state index contributed by atoms with van der Waals surface area (Å²) in [6, 6.07) is 3.92. The fraction of sp³-hybridized carbons (Fsp3) is 0.417. The van der Waals surface area contributed by atoms with Crippen LogP contribution in [0.3, 0.4) is 0 Å². The minimum absolute atomic E-state index is 0.0782. The van der Waals surface area contributed by atoms with Crippen molar-refractivity contribution in [3.05, 3.63) is 29.8 Å². The van der Waals surface area contributed by atoms with Crippen molar-refractivity contribution in [2.45, 2.75) is 20.0 Å². The lowest BCUT2D eigenvalue weighted by atomic mass is 10.2. The second-order valence-electron chi connectivity index (χ2n) is 4.22. The van der Waals surface area contributed by atoms with Crippen LogP contribution in [0.15, 0.2) is 24.3 Å². The molecule has 0 saturated carbocycles. The molecule has 1 rings (SSSR count). The third kappa shape index (κ3) is 5.50. The molecule has 1 N–H and O–H groups in total. The Labute approximate surface area is 108 Å². The van der Waals surface area contributed by atoms with Gasteiger partial charge in [0.25, 0.3) is 0 Å². The van der Waals surface area contributed by atoms with E-state index in [1.54, 1.807) is 0 Å². The standard InChI is InChI=1S/C12H14F3NO3/c1-8(2)7-18-11(17)16-19-10-5-3-9(4-6-10)12(13,14)15/h3-6,8H,7H2,1-2H3,(H,16,17). The van der Waals surface area contributed by atoms with Gasteiger partial charge in [-0.15, -0.1) is 0 Å².